The first-order valence-corrected chi connectivity index (χ1v) is 7.46. The number of hydrogen-bond donors (Lipinski definition) is 0. The molecule has 1 aromatic carbocycles. The topological polar surface area (TPSA) is 51.1 Å². The quantitative estimate of drug-likeness (QED) is 0.798. The van der Waals surface area contributed by atoms with Gasteiger partial charge in [-0.3, -0.25) is 0 Å². The molecule has 0 bridgehead atoms. The second kappa shape index (κ2) is 7.11. The number of aromatic nitrogens is 3. The number of ether oxygens (including phenoxy) is 1. The van der Waals surface area contributed by atoms with Crippen molar-refractivity contribution in [1.29, 1.82) is 0 Å². The minimum Gasteiger partial charge on any atom is -0.424 e. The number of benzene rings is 1. The van der Waals surface area contributed by atoms with Crippen molar-refractivity contribution in [3.63, 3.8) is 0 Å². The number of halogens is 3. The van der Waals surface area contributed by atoms with Gasteiger partial charge in [0.2, 0.25) is 11.2 Å². The summed E-state index contributed by atoms with van der Waals surface area (Å²) in [4.78, 5) is 14.2. The van der Waals surface area contributed by atoms with Crippen LogP contribution in [0.5, 0.6) is 11.8 Å². The summed E-state index contributed by atoms with van der Waals surface area (Å²) >= 11 is 17.7. The van der Waals surface area contributed by atoms with E-state index in [9.17, 15) is 0 Å². The van der Waals surface area contributed by atoms with Crippen LogP contribution < -0.4 is 9.64 Å². The van der Waals surface area contributed by atoms with Gasteiger partial charge in [-0.2, -0.15) is 15.0 Å². The molecular formula is C13H13Cl3N4O. The van der Waals surface area contributed by atoms with Gasteiger partial charge in [0.15, 0.2) is 0 Å². The van der Waals surface area contributed by atoms with E-state index in [0.717, 1.165) is 13.1 Å². The van der Waals surface area contributed by atoms with Crippen LogP contribution in [0.25, 0.3) is 0 Å². The van der Waals surface area contributed by atoms with Crippen LogP contribution in [0.4, 0.5) is 5.95 Å². The molecule has 0 unspecified atom stereocenters. The molecule has 0 saturated heterocycles. The van der Waals surface area contributed by atoms with E-state index in [1.54, 1.807) is 18.2 Å². The van der Waals surface area contributed by atoms with Crippen molar-refractivity contribution in [1.82, 2.24) is 15.0 Å². The summed E-state index contributed by atoms with van der Waals surface area (Å²) in [5.74, 6) is 0.937. The van der Waals surface area contributed by atoms with Crippen LogP contribution in [0.1, 0.15) is 13.8 Å². The van der Waals surface area contributed by atoms with Crippen molar-refractivity contribution >= 4 is 40.8 Å². The molecule has 0 aliphatic rings. The molecule has 8 heteroatoms. The van der Waals surface area contributed by atoms with E-state index in [1.165, 1.54) is 0 Å². The average molecular weight is 348 g/mol. The zero-order chi connectivity index (χ0) is 15.4. The Hall–Kier alpha value is -1.30. The Morgan fingerprint density at radius 2 is 1.71 bits per heavy atom. The first-order valence-electron chi connectivity index (χ1n) is 6.33. The van der Waals surface area contributed by atoms with Gasteiger partial charge in [-0.05, 0) is 37.6 Å². The molecule has 0 saturated carbocycles. The molecule has 1 heterocycles. The fourth-order valence-electron chi connectivity index (χ4n) is 1.66. The lowest BCUT2D eigenvalue weighted by atomic mass is 10.3. The second-order valence-electron chi connectivity index (χ2n) is 4.04. The van der Waals surface area contributed by atoms with Crippen molar-refractivity contribution in [2.45, 2.75) is 13.8 Å². The molecule has 2 rings (SSSR count). The summed E-state index contributed by atoms with van der Waals surface area (Å²) in [6, 6.07) is 4.99. The van der Waals surface area contributed by atoms with Gasteiger partial charge >= 0.3 is 6.01 Å². The maximum Gasteiger partial charge on any atom is 0.328 e. The molecule has 5 nitrogen and oxygen atoms in total. The van der Waals surface area contributed by atoms with Crippen LogP contribution in [-0.2, 0) is 0 Å². The van der Waals surface area contributed by atoms with Crippen LogP contribution in [0.2, 0.25) is 15.3 Å². The molecule has 0 spiro atoms. The summed E-state index contributed by atoms with van der Waals surface area (Å²) in [5, 5.41) is 0.904. The first-order chi connectivity index (χ1) is 10.0. The van der Waals surface area contributed by atoms with E-state index in [4.69, 9.17) is 39.5 Å². The highest BCUT2D eigenvalue weighted by Gasteiger charge is 2.12. The van der Waals surface area contributed by atoms with E-state index >= 15 is 0 Å². The zero-order valence-corrected chi connectivity index (χ0v) is 13.7. The van der Waals surface area contributed by atoms with Crippen molar-refractivity contribution in [2.24, 2.45) is 0 Å². The summed E-state index contributed by atoms with van der Waals surface area (Å²) in [6.07, 6.45) is 0. The largest absolute Gasteiger partial charge is 0.424 e. The van der Waals surface area contributed by atoms with E-state index < -0.39 is 0 Å². The van der Waals surface area contributed by atoms with Gasteiger partial charge in [0.25, 0.3) is 0 Å². The lowest BCUT2D eigenvalue weighted by Gasteiger charge is -2.18. The molecule has 2 aromatic rings. The van der Waals surface area contributed by atoms with Gasteiger partial charge in [0.1, 0.15) is 5.75 Å². The van der Waals surface area contributed by atoms with Crippen LogP contribution in [-0.4, -0.2) is 28.0 Å². The van der Waals surface area contributed by atoms with E-state index in [2.05, 4.69) is 15.0 Å². The Bertz CT molecular complexity index is 635. The molecule has 0 N–H and O–H groups in total. The van der Waals surface area contributed by atoms with Crippen LogP contribution >= 0.6 is 34.8 Å². The lowest BCUT2D eigenvalue weighted by molar-refractivity contribution is 0.439. The maximum atomic E-state index is 5.94. The molecule has 112 valence electrons. The van der Waals surface area contributed by atoms with Crippen LogP contribution in [0.15, 0.2) is 18.2 Å². The number of nitrogens with zero attached hydrogens (tertiary/aromatic N) is 4. The summed E-state index contributed by atoms with van der Waals surface area (Å²) in [6.45, 7) is 5.51. The van der Waals surface area contributed by atoms with Crippen LogP contribution in [0, 0.1) is 0 Å². The fourth-order valence-corrected chi connectivity index (χ4v) is 2.10. The molecule has 0 fully saturated rings. The van der Waals surface area contributed by atoms with E-state index in [0.29, 0.717) is 21.7 Å². The van der Waals surface area contributed by atoms with Crippen molar-refractivity contribution in [3.05, 3.63) is 33.5 Å². The Kier molecular flexibility index (Phi) is 5.45. The smallest absolute Gasteiger partial charge is 0.328 e. The van der Waals surface area contributed by atoms with Gasteiger partial charge in [0.05, 0.1) is 10.0 Å². The molecule has 0 aliphatic carbocycles. The monoisotopic (exact) mass is 346 g/mol. The third kappa shape index (κ3) is 4.09. The minimum atomic E-state index is 0.0713. The normalized spacial score (nSPS) is 10.5. The average Bonchev–Trinajstić information content (AvgIpc) is 2.44. The Morgan fingerprint density at radius 1 is 1.00 bits per heavy atom. The van der Waals surface area contributed by atoms with Gasteiger partial charge in [-0.1, -0.05) is 23.2 Å². The summed E-state index contributed by atoms with van der Waals surface area (Å²) < 4.78 is 5.56. The van der Waals surface area contributed by atoms with E-state index in [1.807, 2.05) is 18.7 Å². The number of anilines is 1. The maximum absolute atomic E-state index is 5.94. The zero-order valence-electron chi connectivity index (χ0n) is 11.5. The number of rotatable bonds is 5. The molecular weight excluding hydrogens is 335 g/mol. The van der Waals surface area contributed by atoms with Crippen molar-refractivity contribution in [2.75, 3.05) is 18.0 Å². The molecule has 0 amide bonds. The third-order valence-electron chi connectivity index (χ3n) is 2.72. The van der Waals surface area contributed by atoms with Crippen LogP contribution in [0.3, 0.4) is 0 Å². The third-order valence-corrected chi connectivity index (χ3v) is 3.63. The lowest BCUT2D eigenvalue weighted by Crippen LogP contribution is -2.24. The highest BCUT2D eigenvalue weighted by Crippen LogP contribution is 2.29. The SMILES string of the molecule is CCN(CC)c1nc(Cl)nc(Oc2ccc(Cl)c(Cl)c2)n1. The van der Waals surface area contributed by atoms with Gasteiger partial charge in [-0.25, -0.2) is 0 Å². The fraction of sp³-hybridized carbons (Fsp3) is 0.308. The predicted octanol–water partition coefficient (Wildman–Crippen LogP) is 4.47. The standard InChI is InChI=1S/C13H13Cl3N4O/c1-3-20(4-2)12-17-11(16)18-13(19-12)21-8-5-6-9(14)10(15)7-8/h5-7H,3-4H2,1-2H3. The minimum absolute atomic E-state index is 0.0713. The Balaban J connectivity index is 2.29. The van der Waals surface area contributed by atoms with Crippen molar-refractivity contribution in [3.8, 4) is 11.8 Å². The van der Waals surface area contributed by atoms with E-state index in [-0.39, 0.29) is 11.3 Å². The summed E-state index contributed by atoms with van der Waals surface area (Å²) in [7, 11) is 0. The molecule has 1 aromatic heterocycles. The molecule has 0 aliphatic heterocycles. The van der Waals surface area contributed by atoms with Gasteiger partial charge < -0.3 is 9.64 Å². The molecule has 0 radical (unpaired) electrons. The highest BCUT2D eigenvalue weighted by atomic mass is 35.5. The van der Waals surface area contributed by atoms with Gasteiger partial charge in [0, 0.05) is 19.2 Å². The van der Waals surface area contributed by atoms with Crippen molar-refractivity contribution < 1.29 is 4.74 Å². The first kappa shape index (κ1) is 16.1. The van der Waals surface area contributed by atoms with Gasteiger partial charge in [-0.15, -0.1) is 0 Å². The summed E-state index contributed by atoms with van der Waals surface area (Å²) in [5.41, 5.74) is 0. The Labute approximate surface area is 137 Å². The molecule has 21 heavy (non-hydrogen) atoms. The molecule has 0 atom stereocenters. The highest BCUT2D eigenvalue weighted by molar-refractivity contribution is 6.42. The predicted molar refractivity (Wildman–Crippen MR) is 84.9 cm³/mol. The second-order valence-corrected chi connectivity index (χ2v) is 5.19. The Morgan fingerprint density at radius 3 is 2.33 bits per heavy atom. The number of hydrogen-bond acceptors (Lipinski definition) is 5.